The molecular weight excluding hydrogens is 136 g/mol. The largest absolute Gasteiger partial charge is 0.385 e. The Hall–Kier alpha value is -0.300. The lowest BCUT2D eigenvalue weighted by atomic mass is 10.1. The van der Waals surface area contributed by atoms with Gasteiger partial charge in [-0.2, -0.15) is 0 Å². The summed E-state index contributed by atoms with van der Waals surface area (Å²) >= 11 is 0. The van der Waals surface area contributed by atoms with E-state index in [2.05, 4.69) is 6.58 Å². The van der Waals surface area contributed by atoms with Gasteiger partial charge < -0.3 is 4.74 Å². The van der Waals surface area contributed by atoms with Gasteiger partial charge in [0.1, 0.15) is 0 Å². The molecule has 0 N–H and O–H groups in total. The van der Waals surface area contributed by atoms with Crippen molar-refractivity contribution in [1.82, 2.24) is 0 Å². The van der Waals surface area contributed by atoms with Crippen molar-refractivity contribution >= 4 is 0 Å². The van der Waals surface area contributed by atoms with Gasteiger partial charge in [-0.3, -0.25) is 0 Å². The monoisotopic (exact) mass is 156 g/mol. The Morgan fingerprint density at radius 1 is 1.09 bits per heavy atom. The first-order chi connectivity index (χ1) is 5.41. The van der Waals surface area contributed by atoms with Crippen LogP contribution in [0.25, 0.3) is 0 Å². The second-order valence-corrected chi connectivity index (χ2v) is 2.84. The Labute approximate surface area is 70.4 Å². The number of ether oxygens (including phenoxy) is 1. The van der Waals surface area contributed by atoms with Gasteiger partial charge in [0, 0.05) is 13.7 Å². The van der Waals surface area contributed by atoms with Crippen molar-refractivity contribution in [2.24, 2.45) is 0 Å². The van der Waals surface area contributed by atoms with Crippen LogP contribution in [-0.2, 0) is 4.74 Å². The van der Waals surface area contributed by atoms with Crippen LogP contribution in [-0.4, -0.2) is 13.7 Å². The molecule has 0 saturated carbocycles. The molecule has 0 bridgehead atoms. The Kier molecular flexibility index (Phi) is 9.44. The Balaban J connectivity index is 2.74. The maximum atomic E-state index is 4.95. The minimum atomic E-state index is 0.918. The van der Waals surface area contributed by atoms with E-state index in [0.717, 1.165) is 6.61 Å². The first kappa shape index (κ1) is 10.7. The Morgan fingerprint density at radius 2 is 1.73 bits per heavy atom. The van der Waals surface area contributed by atoms with Crippen LogP contribution in [0.15, 0.2) is 12.7 Å². The molecule has 0 unspecified atom stereocenters. The van der Waals surface area contributed by atoms with Crippen LogP contribution in [0.5, 0.6) is 0 Å². The zero-order chi connectivity index (χ0) is 8.36. The predicted molar refractivity (Wildman–Crippen MR) is 49.8 cm³/mol. The molecule has 0 aromatic carbocycles. The van der Waals surface area contributed by atoms with Crippen LogP contribution in [0.3, 0.4) is 0 Å². The van der Waals surface area contributed by atoms with Crippen LogP contribution in [0.1, 0.15) is 38.5 Å². The second kappa shape index (κ2) is 9.70. The lowest BCUT2D eigenvalue weighted by Gasteiger charge is -1.98. The van der Waals surface area contributed by atoms with Gasteiger partial charge in [0.15, 0.2) is 0 Å². The third-order valence-corrected chi connectivity index (χ3v) is 1.76. The molecule has 0 saturated heterocycles. The number of allylic oxidation sites excluding steroid dienone is 1. The summed E-state index contributed by atoms with van der Waals surface area (Å²) in [5.74, 6) is 0. The number of unbranched alkanes of at least 4 members (excludes halogenated alkanes) is 5. The molecule has 0 amide bonds. The van der Waals surface area contributed by atoms with Gasteiger partial charge in [0.25, 0.3) is 0 Å². The van der Waals surface area contributed by atoms with Gasteiger partial charge >= 0.3 is 0 Å². The van der Waals surface area contributed by atoms with E-state index in [1.807, 2.05) is 6.08 Å². The lowest BCUT2D eigenvalue weighted by molar-refractivity contribution is 0.192. The second-order valence-electron chi connectivity index (χ2n) is 2.84. The number of hydrogen-bond acceptors (Lipinski definition) is 1. The fourth-order valence-electron chi connectivity index (χ4n) is 1.07. The summed E-state index contributed by atoms with van der Waals surface area (Å²) < 4.78 is 4.95. The summed E-state index contributed by atoms with van der Waals surface area (Å²) in [5.41, 5.74) is 0. The molecule has 0 radical (unpaired) electrons. The highest BCUT2D eigenvalue weighted by Gasteiger charge is 1.88. The molecule has 0 aliphatic heterocycles. The molecule has 0 fully saturated rings. The quantitative estimate of drug-likeness (QED) is 0.387. The first-order valence-corrected chi connectivity index (χ1v) is 4.51. The van der Waals surface area contributed by atoms with Gasteiger partial charge in [-0.25, -0.2) is 0 Å². The Bertz CT molecular complexity index is 78.9. The van der Waals surface area contributed by atoms with E-state index < -0.39 is 0 Å². The van der Waals surface area contributed by atoms with Crippen LogP contribution >= 0.6 is 0 Å². The zero-order valence-corrected chi connectivity index (χ0v) is 7.64. The zero-order valence-electron chi connectivity index (χ0n) is 7.64. The molecule has 0 aromatic rings. The summed E-state index contributed by atoms with van der Waals surface area (Å²) in [7, 11) is 1.76. The fourth-order valence-corrected chi connectivity index (χ4v) is 1.07. The average molecular weight is 156 g/mol. The highest BCUT2D eigenvalue weighted by atomic mass is 16.5. The molecule has 0 rings (SSSR count). The third-order valence-electron chi connectivity index (χ3n) is 1.76. The molecule has 0 aliphatic rings. The van der Waals surface area contributed by atoms with Crippen molar-refractivity contribution < 1.29 is 4.74 Å². The van der Waals surface area contributed by atoms with Gasteiger partial charge in [0.2, 0.25) is 0 Å². The van der Waals surface area contributed by atoms with Gasteiger partial charge in [-0.15, -0.1) is 6.58 Å². The molecule has 66 valence electrons. The SMILES string of the molecule is C=CCCCCCCCOC. The molecule has 0 atom stereocenters. The van der Waals surface area contributed by atoms with Crippen molar-refractivity contribution in [3.63, 3.8) is 0 Å². The maximum Gasteiger partial charge on any atom is 0.0462 e. The number of hydrogen-bond donors (Lipinski definition) is 0. The average Bonchev–Trinajstić information content (AvgIpc) is 2.03. The van der Waals surface area contributed by atoms with Crippen molar-refractivity contribution in [1.29, 1.82) is 0 Å². The molecule has 11 heavy (non-hydrogen) atoms. The van der Waals surface area contributed by atoms with Crippen molar-refractivity contribution in [3.05, 3.63) is 12.7 Å². The van der Waals surface area contributed by atoms with E-state index in [4.69, 9.17) is 4.74 Å². The standard InChI is InChI=1S/C10H20O/c1-3-4-5-6-7-8-9-10-11-2/h3H,1,4-10H2,2H3. The summed E-state index contributed by atoms with van der Waals surface area (Å²) in [6.45, 7) is 4.61. The highest BCUT2D eigenvalue weighted by Crippen LogP contribution is 2.05. The van der Waals surface area contributed by atoms with E-state index in [9.17, 15) is 0 Å². The first-order valence-electron chi connectivity index (χ1n) is 4.51. The normalized spacial score (nSPS) is 9.91. The van der Waals surface area contributed by atoms with Gasteiger partial charge in [0.05, 0.1) is 0 Å². The maximum absolute atomic E-state index is 4.95. The number of methoxy groups -OCH3 is 1. The molecule has 0 aromatic heterocycles. The van der Waals surface area contributed by atoms with Gasteiger partial charge in [-0.05, 0) is 19.3 Å². The molecule has 0 heterocycles. The molecule has 1 nitrogen and oxygen atoms in total. The van der Waals surface area contributed by atoms with Crippen LogP contribution in [0.4, 0.5) is 0 Å². The molecule has 0 aliphatic carbocycles. The third kappa shape index (κ3) is 9.70. The van der Waals surface area contributed by atoms with Crippen LogP contribution in [0, 0.1) is 0 Å². The van der Waals surface area contributed by atoms with Gasteiger partial charge in [-0.1, -0.05) is 25.3 Å². The van der Waals surface area contributed by atoms with Crippen LogP contribution in [0.2, 0.25) is 0 Å². The Morgan fingerprint density at radius 3 is 2.36 bits per heavy atom. The van der Waals surface area contributed by atoms with Crippen molar-refractivity contribution in [2.45, 2.75) is 38.5 Å². The summed E-state index contributed by atoms with van der Waals surface area (Å²) in [6, 6.07) is 0. The summed E-state index contributed by atoms with van der Waals surface area (Å²) in [4.78, 5) is 0. The van der Waals surface area contributed by atoms with E-state index in [-0.39, 0.29) is 0 Å². The molecule has 0 spiro atoms. The van der Waals surface area contributed by atoms with Crippen molar-refractivity contribution in [2.75, 3.05) is 13.7 Å². The highest BCUT2D eigenvalue weighted by molar-refractivity contribution is 4.65. The minimum Gasteiger partial charge on any atom is -0.385 e. The van der Waals surface area contributed by atoms with E-state index >= 15 is 0 Å². The predicted octanol–water partition coefficient (Wildman–Crippen LogP) is 3.16. The van der Waals surface area contributed by atoms with Crippen LogP contribution < -0.4 is 0 Å². The van der Waals surface area contributed by atoms with E-state index in [0.29, 0.717) is 0 Å². The summed E-state index contributed by atoms with van der Waals surface area (Å²) in [5, 5.41) is 0. The van der Waals surface area contributed by atoms with E-state index in [1.165, 1.54) is 38.5 Å². The summed E-state index contributed by atoms with van der Waals surface area (Å²) in [6.07, 6.45) is 9.68. The fraction of sp³-hybridized carbons (Fsp3) is 0.800. The minimum absolute atomic E-state index is 0.918. The van der Waals surface area contributed by atoms with E-state index in [1.54, 1.807) is 7.11 Å². The smallest absolute Gasteiger partial charge is 0.0462 e. The topological polar surface area (TPSA) is 9.23 Å². The van der Waals surface area contributed by atoms with Crippen molar-refractivity contribution in [3.8, 4) is 0 Å². The number of rotatable bonds is 8. The lowest BCUT2D eigenvalue weighted by Crippen LogP contribution is -1.87. The molecule has 1 heteroatoms. The molecular formula is C10H20O.